The maximum absolute atomic E-state index is 12.9. The minimum Gasteiger partial charge on any atom is -0.375 e. The number of nitrogens with zero attached hydrogens (tertiary/aromatic N) is 1. The normalized spacial score (nSPS) is 11.1. The summed E-state index contributed by atoms with van der Waals surface area (Å²) in [5.74, 6) is -0.0441. The number of anilines is 1. The third-order valence-corrected chi connectivity index (χ3v) is 4.59. The summed E-state index contributed by atoms with van der Waals surface area (Å²) >= 11 is 0. The highest BCUT2D eigenvalue weighted by Gasteiger charge is 2.11. The lowest BCUT2D eigenvalue weighted by molar-refractivity contribution is -0.115. The molecular weight excluding hydrogens is 344 g/mol. The number of benzene rings is 3. The van der Waals surface area contributed by atoms with Crippen molar-refractivity contribution in [2.24, 2.45) is 0 Å². The molecule has 3 aromatic carbocycles. The highest BCUT2D eigenvalue weighted by Crippen LogP contribution is 2.18. The summed E-state index contributed by atoms with van der Waals surface area (Å²) in [6.07, 6.45) is 2.82. The molecule has 142 valence electrons. The summed E-state index contributed by atoms with van der Waals surface area (Å²) in [5, 5.41) is 3.07. The molecule has 0 aliphatic carbocycles. The summed E-state index contributed by atoms with van der Waals surface area (Å²) in [4.78, 5) is 15.1. The van der Waals surface area contributed by atoms with Crippen LogP contribution in [0.2, 0.25) is 0 Å². The van der Waals surface area contributed by atoms with Crippen molar-refractivity contribution in [3.05, 3.63) is 102 Å². The number of hydrogen-bond donors (Lipinski definition) is 1. The highest BCUT2D eigenvalue weighted by molar-refractivity contribution is 6.24. The smallest absolute Gasteiger partial charge is 0.251 e. The molecule has 0 aliphatic heterocycles. The Morgan fingerprint density at radius 2 is 1.43 bits per heavy atom. The number of hydrogen-bond acceptors (Lipinski definition) is 2. The van der Waals surface area contributed by atoms with Gasteiger partial charge in [-0.25, -0.2) is 0 Å². The predicted molar refractivity (Wildman–Crippen MR) is 118 cm³/mol. The van der Waals surface area contributed by atoms with Gasteiger partial charge in [-0.15, -0.1) is 0 Å². The molecule has 3 aromatic rings. The first-order valence-corrected chi connectivity index (χ1v) is 9.60. The van der Waals surface area contributed by atoms with Gasteiger partial charge in [0.2, 0.25) is 0 Å². The van der Waals surface area contributed by atoms with Crippen LogP contribution in [0.4, 0.5) is 5.69 Å². The van der Waals surface area contributed by atoms with Gasteiger partial charge in [-0.2, -0.15) is 0 Å². The van der Waals surface area contributed by atoms with Crippen LogP contribution in [0.5, 0.6) is 0 Å². The molecule has 0 fully saturated rings. The third-order valence-electron chi connectivity index (χ3n) is 4.59. The summed E-state index contributed by atoms with van der Waals surface area (Å²) in [6.45, 7) is 1.52. The number of carbonyl (C=O) groups is 1. The van der Waals surface area contributed by atoms with Crippen molar-refractivity contribution in [2.75, 3.05) is 25.0 Å². The fourth-order valence-electron chi connectivity index (χ4n) is 3.04. The maximum atomic E-state index is 12.9. The molecule has 0 heterocycles. The van der Waals surface area contributed by atoms with Gasteiger partial charge in [0.05, 0.1) is 0 Å². The van der Waals surface area contributed by atoms with E-state index in [0.717, 1.165) is 24.1 Å². The fourth-order valence-corrected chi connectivity index (χ4v) is 3.04. The Balaban J connectivity index is 1.61. The lowest BCUT2D eigenvalue weighted by atomic mass is 10.0. The van der Waals surface area contributed by atoms with E-state index < -0.39 is 0 Å². The van der Waals surface area contributed by atoms with E-state index >= 15 is 0 Å². The van der Waals surface area contributed by atoms with Crippen LogP contribution in [0.1, 0.15) is 17.5 Å². The molecule has 0 saturated carbocycles. The van der Waals surface area contributed by atoms with Crippen molar-refractivity contribution in [1.82, 2.24) is 5.32 Å². The summed E-state index contributed by atoms with van der Waals surface area (Å²) in [5.41, 5.74) is 3.80. The van der Waals surface area contributed by atoms with Gasteiger partial charge >= 0.3 is 0 Å². The van der Waals surface area contributed by atoms with Crippen LogP contribution in [0, 0.1) is 0 Å². The Kier molecular flexibility index (Phi) is 7.02. The van der Waals surface area contributed by atoms with Crippen molar-refractivity contribution in [1.29, 1.82) is 0 Å². The van der Waals surface area contributed by atoms with Crippen molar-refractivity contribution in [3.8, 4) is 0 Å². The third kappa shape index (κ3) is 5.58. The van der Waals surface area contributed by atoms with Gasteiger partial charge in [0.15, 0.2) is 0 Å². The molecule has 3 nitrogen and oxygen atoms in total. The summed E-state index contributed by atoms with van der Waals surface area (Å²) in [6, 6.07) is 30.0. The van der Waals surface area contributed by atoms with Crippen molar-refractivity contribution in [2.45, 2.75) is 6.42 Å². The predicted octanol–water partition coefficient (Wildman–Crippen LogP) is 4.87. The second kappa shape index (κ2) is 10.1. The minimum atomic E-state index is -0.0441. The van der Waals surface area contributed by atoms with Crippen molar-refractivity contribution in [3.63, 3.8) is 0 Å². The number of rotatable bonds is 8. The zero-order valence-corrected chi connectivity index (χ0v) is 16.2. The maximum Gasteiger partial charge on any atom is 0.251 e. The molecule has 3 heteroatoms. The number of carbonyl (C=O) groups excluding carboxylic acids is 1. The molecule has 0 bridgehead atoms. The zero-order chi connectivity index (χ0) is 19.6. The lowest BCUT2D eigenvalue weighted by Crippen LogP contribution is -2.28. The van der Waals surface area contributed by atoms with Gasteiger partial charge in [-0.1, -0.05) is 78.9 Å². The molecule has 0 radical (unpaired) electrons. The molecule has 0 unspecified atom stereocenters. The van der Waals surface area contributed by atoms with E-state index in [9.17, 15) is 4.79 Å². The number of nitrogens with one attached hydrogen (secondary N) is 1. The first-order valence-electron chi connectivity index (χ1n) is 9.60. The fraction of sp³-hybridized carbons (Fsp3) is 0.160. The molecule has 0 aromatic heterocycles. The monoisotopic (exact) mass is 370 g/mol. The number of para-hydroxylation sites is 1. The zero-order valence-electron chi connectivity index (χ0n) is 16.2. The van der Waals surface area contributed by atoms with E-state index in [1.807, 2.05) is 84.9 Å². The molecule has 0 saturated heterocycles. The van der Waals surface area contributed by atoms with Crippen LogP contribution in [-0.2, 0) is 4.79 Å². The Morgan fingerprint density at radius 1 is 0.857 bits per heavy atom. The van der Waals surface area contributed by atoms with E-state index in [1.165, 1.54) is 5.69 Å². The van der Waals surface area contributed by atoms with Crippen LogP contribution >= 0.6 is 0 Å². The van der Waals surface area contributed by atoms with Gasteiger partial charge in [-0.3, -0.25) is 4.79 Å². The van der Waals surface area contributed by atoms with Crippen LogP contribution in [0.25, 0.3) is 11.6 Å². The van der Waals surface area contributed by atoms with Crippen LogP contribution in [0.15, 0.2) is 91.0 Å². The standard InChI is InChI=1S/C25H26N2O/c1-27(23-16-9-4-10-17-23)19-11-18-26-25(28)24(22-14-7-3-8-15-22)20-21-12-5-2-6-13-21/h2-10,12-17,20H,11,18-19H2,1H3,(H,26,28). The molecule has 28 heavy (non-hydrogen) atoms. The Bertz CT molecular complexity index is 890. The average Bonchev–Trinajstić information content (AvgIpc) is 2.76. The Labute approximate surface area is 167 Å². The van der Waals surface area contributed by atoms with Crippen molar-refractivity contribution < 1.29 is 4.79 Å². The molecule has 0 spiro atoms. The van der Waals surface area contributed by atoms with Gasteiger partial charge in [-0.05, 0) is 35.8 Å². The quantitative estimate of drug-likeness (QED) is 0.348. The van der Waals surface area contributed by atoms with Crippen LogP contribution in [-0.4, -0.2) is 26.0 Å². The van der Waals surface area contributed by atoms with Crippen LogP contribution in [0.3, 0.4) is 0 Å². The summed E-state index contributed by atoms with van der Waals surface area (Å²) in [7, 11) is 2.07. The largest absolute Gasteiger partial charge is 0.375 e. The Morgan fingerprint density at radius 3 is 2.07 bits per heavy atom. The number of amides is 1. The van der Waals surface area contributed by atoms with Crippen molar-refractivity contribution >= 4 is 23.2 Å². The highest BCUT2D eigenvalue weighted by atomic mass is 16.1. The molecule has 3 rings (SSSR count). The topological polar surface area (TPSA) is 32.3 Å². The second-order valence-electron chi connectivity index (χ2n) is 6.70. The van der Waals surface area contributed by atoms with E-state index in [2.05, 4.69) is 29.4 Å². The average molecular weight is 370 g/mol. The molecule has 0 atom stereocenters. The van der Waals surface area contributed by atoms with Gasteiger partial charge < -0.3 is 10.2 Å². The molecular formula is C25H26N2O. The van der Waals surface area contributed by atoms with E-state index in [1.54, 1.807) is 0 Å². The van der Waals surface area contributed by atoms with Gasteiger partial charge in [0.25, 0.3) is 5.91 Å². The molecule has 0 aliphatic rings. The SMILES string of the molecule is CN(CCCNC(=O)C(=Cc1ccccc1)c1ccccc1)c1ccccc1. The molecule has 1 N–H and O–H groups in total. The minimum absolute atomic E-state index is 0.0441. The molecule has 1 amide bonds. The van der Waals surface area contributed by atoms with Gasteiger partial charge in [0, 0.05) is 31.4 Å². The van der Waals surface area contributed by atoms with E-state index in [4.69, 9.17) is 0 Å². The van der Waals surface area contributed by atoms with Gasteiger partial charge in [0.1, 0.15) is 0 Å². The first-order chi connectivity index (χ1) is 13.7. The lowest BCUT2D eigenvalue weighted by Gasteiger charge is -2.19. The van der Waals surface area contributed by atoms with E-state index in [-0.39, 0.29) is 5.91 Å². The summed E-state index contributed by atoms with van der Waals surface area (Å²) < 4.78 is 0. The van der Waals surface area contributed by atoms with E-state index in [0.29, 0.717) is 12.1 Å². The Hall–Kier alpha value is -3.33. The second-order valence-corrected chi connectivity index (χ2v) is 6.70. The van der Waals surface area contributed by atoms with Crippen LogP contribution < -0.4 is 10.2 Å². The first kappa shape index (κ1) is 19.4.